The van der Waals surface area contributed by atoms with Crippen LogP contribution in [0.4, 0.5) is 5.82 Å². The highest BCUT2D eigenvalue weighted by Crippen LogP contribution is 2.31. The van der Waals surface area contributed by atoms with Gasteiger partial charge in [-0.2, -0.15) is 9.61 Å². The lowest BCUT2D eigenvalue weighted by Crippen LogP contribution is -2.25. The molecule has 0 aliphatic rings. The maximum absolute atomic E-state index is 5.43. The molecule has 1 N–H and O–H groups in total. The third-order valence-corrected chi connectivity index (χ3v) is 5.75. The van der Waals surface area contributed by atoms with Crippen molar-refractivity contribution in [2.45, 2.75) is 40.5 Å². The number of nitrogens with zero attached hydrogens (tertiary/aromatic N) is 4. The van der Waals surface area contributed by atoms with E-state index in [-0.39, 0.29) is 0 Å². The molecule has 0 fully saturated rings. The molecule has 31 heavy (non-hydrogen) atoms. The van der Waals surface area contributed by atoms with E-state index in [9.17, 15) is 0 Å². The quantitative estimate of drug-likeness (QED) is 0.459. The van der Waals surface area contributed by atoms with Gasteiger partial charge in [0.05, 0.1) is 19.9 Å². The highest BCUT2D eigenvalue weighted by molar-refractivity contribution is 5.69. The van der Waals surface area contributed by atoms with Crippen molar-refractivity contribution in [2.75, 3.05) is 45.7 Å². The van der Waals surface area contributed by atoms with Crippen LogP contribution in [0, 0.1) is 6.92 Å². The second kappa shape index (κ2) is 10.5. The molecule has 2 aromatic heterocycles. The molecule has 0 aliphatic heterocycles. The summed E-state index contributed by atoms with van der Waals surface area (Å²) in [5.74, 6) is 2.50. The standard InChI is InChI=1S/C24H35N5O2/c1-7-21-17(4)26-23-16-22(18-13-19(30-5)15-20(14-18)31-6)27-29(23)24(21)25-11-10-12-28(8-2)9-3/h13-16,25H,7-12H2,1-6H3. The molecule has 0 unspecified atom stereocenters. The summed E-state index contributed by atoms with van der Waals surface area (Å²) in [4.78, 5) is 7.25. The number of ether oxygens (including phenoxy) is 2. The maximum Gasteiger partial charge on any atom is 0.158 e. The zero-order valence-electron chi connectivity index (χ0n) is 19.7. The zero-order valence-corrected chi connectivity index (χ0v) is 19.7. The summed E-state index contributed by atoms with van der Waals surface area (Å²) in [7, 11) is 3.31. The van der Waals surface area contributed by atoms with E-state index in [2.05, 4.69) is 37.9 Å². The SMILES string of the molecule is CCc1c(C)nc2cc(-c3cc(OC)cc(OC)c3)nn2c1NCCCN(CC)CC. The van der Waals surface area contributed by atoms with Crippen molar-refractivity contribution < 1.29 is 9.47 Å². The Morgan fingerprint density at radius 2 is 1.68 bits per heavy atom. The molecule has 0 radical (unpaired) electrons. The van der Waals surface area contributed by atoms with Gasteiger partial charge in [0.25, 0.3) is 0 Å². The van der Waals surface area contributed by atoms with E-state index in [0.717, 1.165) is 78.9 Å². The monoisotopic (exact) mass is 425 g/mol. The first-order valence-electron chi connectivity index (χ1n) is 11.1. The fourth-order valence-electron chi connectivity index (χ4n) is 3.90. The van der Waals surface area contributed by atoms with Gasteiger partial charge in [-0.15, -0.1) is 0 Å². The third kappa shape index (κ3) is 5.10. The van der Waals surface area contributed by atoms with Crippen LogP contribution in [0.1, 0.15) is 38.4 Å². The highest BCUT2D eigenvalue weighted by Gasteiger charge is 2.16. The molecular weight excluding hydrogens is 390 g/mol. The summed E-state index contributed by atoms with van der Waals surface area (Å²) in [5.41, 5.74) is 4.84. The molecule has 0 saturated heterocycles. The summed E-state index contributed by atoms with van der Waals surface area (Å²) in [6, 6.07) is 7.81. The molecule has 0 amide bonds. The number of anilines is 1. The molecule has 0 spiro atoms. The van der Waals surface area contributed by atoms with Gasteiger partial charge >= 0.3 is 0 Å². The average molecular weight is 426 g/mol. The summed E-state index contributed by atoms with van der Waals surface area (Å²) in [6.07, 6.45) is 1.98. The molecule has 168 valence electrons. The molecular formula is C24H35N5O2. The van der Waals surface area contributed by atoms with Crippen molar-refractivity contribution in [1.29, 1.82) is 0 Å². The number of rotatable bonds is 11. The predicted octanol–water partition coefficient (Wildman–Crippen LogP) is 4.43. The van der Waals surface area contributed by atoms with E-state index in [1.165, 1.54) is 5.56 Å². The molecule has 0 saturated carbocycles. The van der Waals surface area contributed by atoms with Crippen LogP contribution in [0.3, 0.4) is 0 Å². The van der Waals surface area contributed by atoms with E-state index in [0.29, 0.717) is 0 Å². The number of hydrogen-bond acceptors (Lipinski definition) is 6. The van der Waals surface area contributed by atoms with Gasteiger partial charge in [0.15, 0.2) is 5.65 Å². The van der Waals surface area contributed by atoms with E-state index in [1.54, 1.807) is 14.2 Å². The lowest BCUT2D eigenvalue weighted by molar-refractivity contribution is 0.303. The Labute approximate surface area is 185 Å². The Kier molecular flexibility index (Phi) is 7.74. The molecule has 1 aromatic carbocycles. The Hall–Kier alpha value is -2.80. The van der Waals surface area contributed by atoms with Crippen molar-refractivity contribution in [3.8, 4) is 22.8 Å². The Morgan fingerprint density at radius 1 is 1.00 bits per heavy atom. The molecule has 7 nitrogen and oxygen atoms in total. The topological polar surface area (TPSA) is 63.9 Å². The van der Waals surface area contributed by atoms with Gasteiger partial charge in [0.1, 0.15) is 17.3 Å². The molecule has 0 atom stereocenters. The van der Waals surface area contributed by atoms with Gasteiger partial charge in [-0.05, 0) is 51.5 Å². The molecule has 7 heteroatoms. The molecule has 3 aromatic rings. The molecule has 0 aliphatic carbocycles. The van der Waals surface area contributed by atoms with Gasteiger partial charge in [0, 0.05) is 35.5 Å². The first-order valence-corrected chi connectivity index (χ1v) is 11.1. The van der Waals surface area contributed by atoms with Gasteiger partial charge < -0.3 is 19.7 Å². The van der Waals surface area contributed by atoms with Gasteiger partial charge in [0.2, 0.25) is 0 Å². The molecule has 2 heterocycles. The van der Waals surface area contributed by atoms with Crippen LogP contribution in [0.5, 0.6) is 11.5 Å². The largest absolute Gasteiger partial charge is 0.497 e. The van der Waals surface area contributed by atoms with Crippen molar-refractivity contribution in [3.05, 3.63) is 35.5 Å². The number of benzene rings is 1. The fourth-order valence-corrected chi connectivity index (χ4v) is 3.90. The van der Waals surface area contributed by atoms with E-state index >= 15 is 0 Å². The minimum absolute atomic E-state index is 0.736. The minimum atomic E-state index is 0.736. The van der Waals surface area contributed by atoms with Crippen LogP contribution >= 0.6 is 0 Å². The normalized spacial score (nSPS) is 11.3. The average Bonchev–Trinajstić information content (AvgIpc) is 3.22. The van der Waals surface area contributed by atoms with Crippen LogP contribution in [0.15, 0.2) is 24.3 Å². The van der Waals surface area contributed by atoms with Crippen LogP contribution in [-0.4, -0.2) is 59.9 Å². The van der Waals surface area contributed by atoms with E-state index < -0.39 is 0 Å². The zero-order chi connectivity index (χ0) is 22.4. The summed E-state index contributed by atoms with van der Waals surface area (Å²) in [6.45, 7) is 12.8. The Balaban J connectivity index is 1.95. The number of fused-ring (bicyclic) bond motifs is 1. The summed E-state index contributed by atoms with van der Waals surface area (Å²) >= 11 is 0. The third-order valence-electron chi connectivity index (χ3n) is 5.75. The van der Waals surface area contributed by atoms with E-state index in [4.69, 9.17) is 19.6 Å². The van der Waals surface area contributed by atoms with Gasteiger partial charge in [-0.1, -0.05) is 20.8 Å². The second-order valence-corrected chi connectivity index (χ2v) is 7.59. The second-order valence-electron chi connectivity index (χ2n) is 7.59. The predicted molar refractivity (Wildman–Crippen MR) is 127 cm³/mol. The highest BCUT2D eigenvalue weighted by atomic mass is 16.5. The van der Waals surface area contributed by atoms with E-state index in [1.807, 2.05) is 28.8 Å². The van der Waals surface area contributed by atoms with Crippen LogP contribution in [0.2, 0.25) is 0 Å². The Bertz CT molecular complexity index is 989. The fraction of sp³-hybridized carbons (Fsp3) is 0.500. The first-order chi connectivity index (χ1) is 15.0. The number of aromatic nitrogens is 3. The van der Waals surface area contributed by atoms with Crippen molar-refractivity contribution in [1.82, 2.24) is 19.5 Å². The van der Waals surface area contributed by atoms with Crippen molar-refractivity contribution in [3.63, 3.8) is 0 Å². The van der Waals surface area contributed by atoms with Crippen LogP contribution in [-0.2, 0) is 6.42 Å². The van der Waals surface area contributed by atoms with Crippen LogP contribution < -0.4 is 14.8 Å². The van der Waals surface area contributed by atoms with Gasteiger partial charge in [-0.3, -0.25) is 0 Å². The first kappa shape index (κ1) is 22.9. The maximum atomic E-state index is 5.43. The van der Waals surface area contributed by atoms with Crippen molar-refractivity contribution in [2.24, 2.45) is 0 Å². The van der Waals surface area contributed by atoms with Crippen molar-refractivity contribution >= 4 is 11.5 Å². The van der Waals surface area contributed by atoms with Crippen LogP contribution in [0.25, 0.3) is 16.9 Å². The summed E-state index contributed by atoms with van der Waals surface area (Å²) in [5, 5.41) is 8.55. The minimum Gasteiger partial charge on any atom is -0.497 e. The lowest BCUT2D eigenvalue weighted by Gasteiger charge is -2.19. The molecule has 3 rings (SSSR count). The molecule has 0 bridgehead atoms. The number of methoxy groups -OCH3 is 2. The smallest absolute Gasteiger partial charge is 0.158 e. The number of nitrogens with one attached hydrogen (secondary N) is 1. The number of hydrogen-bond donors (Lipinski definition) is 1. The lowest BCUT2D eigenvalue weighted by atomic mass is 10.1. The van der Waals surface area contributed by atoms with Gasteiger partial charge in [-0.25, -0.2) is 4.98 Å². The Morgan fingerprint density at radius 3 is 2.26 bits per heavy atom. The summed E-state index contributed by atoms with van der Waals surface area (Å²) < 4.78 is 12.8. The number of aryl methyl sites for hydroxylation is 1.